The minimum Gasteiger partial charge on any atom is -0.341 e. The van der Waals surface area contributed by atoms with Gasteiger partial charge in [0.15, 0.2) is 9.84 Å². The van der Waals surface area contributed by atoms with E-state index in [0.717, 1.165) is 5.56 Å². The van der Waals surface area contributed by atoms with Gasteiger partial charge in [0.1, 0.15) is 0 Å². The van der Waals surface area contributed by atoms with Crippen LogP contribution in [0.1, 0.15) is 12.0 Å². The second-order valence-electron chi connectivity index (χ2n) is 4.69. The van der Waals surface area contributed by atoms with E-state index in [9.17, 15) is 13.2 Å². The highest BCUT2D eigenvalue weighted by Crippen LogP contribution is 2.24. The number of sulfone groups is 1. The molecule has 1 aliphatic rings. The van der Waals surface area contributed by atoms with E-state index in [1.54, 1.807) is 24.3 Å². The highest BCUT2D eigenvalue weighted by Gasteiger charge is 2.28. The Morgan fingerprint density at radius 3 is 3.00 bits per heavy atom. The van der Waals surface area contributed by atoms with Crippen molar-refractivity contribution >= 4 is 27.5 Å². The molecule has 1 unspecified atom stereocenters. The van der Waals surface area contributed by atoms with E-state index < -0.39 is 9.84 Å². The van der Waals surface area contributed by atoms with Crippen molar-refractivity contribution < 1.29 is 13.2 Å². The molecule has 2 heterocycles. The highest BCUT2D eigenvalue weighted by molar-refractivity contribution is 8.02. The molecule has 1 aromatic heterocycles. The predicted molar refractivity (Wildman–Crippen MR) is 74.6 cm³/mol. The summed E-state index contributed by atoms with van der Waals surface area (Å²) in [5.41, 5.74) is 0.948. The van der Waals surface area contributed by atoms with E-state index in [-0.39, 0.29) is 22.7 Å². The summed E-state index contributed by atoms with van der Waals surface area (Å²) in [4.78, 5) is 13.5. The van der Waals surface area contributed by atoms with Crippen molar-refractivity contribution in [1.82, 2.24) is 15.1 Å². The van der Waals surface area contributed by atoms with E-state index in [4.69, 9.17) is 0 Å². The van der Waals surface area contributed by atoms with Gasteiger partial charge < -0.3 is 4.90 Å². The predicted octanol–water partition coefficient (Wildman–Crippen LogP) is 0.288. The lowest BCUT2D eigenvalue weighted by Crippen LogP contribution is -2.28. The molecule has 0 aliphatic carbocycles. The quantitative estimate of drug-likeness (QED) is 0.845. The average molecular weight is 303 g/mol. The van der Waals surface area contributed by atoms with Crippen molar-refractivity contribution in [3.8, 4) is 0 Å². The van der Waals surface area contributed by atoms with Crippen molar-refractivity contribution in [2.45, 2.75) is 18.2 Å². The standard InChI is InChI=1S/C11H17N3O3S2/c1-14(6-9-4-12-13-5-9)11(15)7-18-10-2-3-19(16,17)8-10/h4-5,10H,2-3,6-8H2,1H3,(H,12,13). The maximum Gasteiger partial charge on any atom is 0.232 e. The van der Waals surface area contributed by atoms with Gasteiger partial charge in [-0.2, -0.15) is 5.10 Å². The van der Waals surface area contributed by atoms with E-state index in [1.807, 2.05) is 0 Å². The number of H-pyrrole nitrogens is 1. The third kappa shape index (κ3) is 4.24. The number of carbonyl (C=O) groups is 1. The zero-order valence-corrected chi connectivity index (χ0v) is 12.3. The number of nitrogens with zero attached hydrogens (tertiary/aromatic N) is 2. The molecule has 1 aromatic rings. The van der Waals surface area contributed by atoms with Gasteiger partial charge in [0.2, 0.25) is 5.91 Å². The van der Waals surface area contributed by atoms with Crippen molar-refractivity contribution in [3.05, 3.63) is 18.0 Å². The van der Waals surface area contributed by atoms with E-state index in [0.29, 0.717) is 18.7 Å². The number of nitrogens with one attached hydrogen (secondary N) is 1. The molecular formula is C11H17N3O3S2. The summed E-state index contributed by atoms with van der Waals surface area (Å²) in [6, 6.07) is 0. The van der Waals surface area contributed by atoms with Crippen molar-refractivity contribution in [2.24, 2.45) is 0 Å². The maximum absolute atomic E-state index is 11.9. The molecule has 1 saturated heterocycles. The average Bonchev–Trinajstić information content (AvgIpc) is 2.95. The molecule has 19 heavy (non-hydrogen) atoms. The Labute approximate surface area is 116 Å². The van der Waals surface area contributed by atoms with Crippen molar-refractivity contribution in [1.29, 1.82) is 0 Å². The second-order valence-corrected chi connectivity index (χ2v) is 8.21. The molecule has 1 amide bonds. The normalized spacial score (nSPS) is 21.4. The SMILES string of the molecule is CN(Cc1cn[nH]c1)C(=O)CSC1CCS(=O)(=O)C1. The lowest BCUT2D eigenvalue weighted by Gasteiger charge is -2.17. The van der Waals surface area contributed by atoms with Crippen LogP contribution in [0.25, 0.3) is 0 Å². The molecule has 1 fully saturated rings. The molecular weight excluding hydrogens is 286 g/mol. The number of aromatic nitrogens is 2. The van der Waals surface area contributed by atoms with Gasteiger partial charge in [0.05, 0.1) is 23.5 Å². The summed E-state index contributed by atoms with van der Waals surface area (Å²) in [5, 5.41) is 6.59. The van der Waals surface area contributed by atoms with Gasteiger partial charge in [-0.25, -0.2) is 8.42 Å². The molecule has 1 atom stereocenters. The van der Waals surface area contributed by atoms with Crippen LogP contribution in [0.2, 0.25) is 0 Å². The summed E-state index contributed by atoms with van der Waals surface area (Å²) in [7, 11) is -1.13. The molecule has 0 radical (unpaired) electrons. The van der Waals surface area contributed by atoms with Crippen LogP contribution < -0.4 is 0 Å². The third-order valence-corrected chi connectivity index (χ3v) is 6.30. The van der Waals surface area contributed by atoms with Crippen LogP contribution in [0.3, 0.4) is 0 Å². The van der Waals surface area contributed by atoms with Crippen LogP contribution in [0.5, 0.6) is 0 Å². The van der Waals surface area contributed by atoms with Crippen LogP contribution in [-0.4, -0.2) is 59.0 Å². The largest absolute Gasteiger partial charge is 0.341 e. The lowest BCUT2D eigenvalue weighted by atomic mass is 10.3. The van der Waals surface area contributed by atoms with E-state index in [1.165, 1.54) is 11.8 Å². The molecule has 0 saturated carbocycles. The number of hydrogen-bond donors (Lipinski definition) is 1. The summed E-state index contributed by atoms with van der Waals surface area (Å²) >= 11 is 1.44. The van der Waals surface area contributed by atoms with Crippen LogP contribution in [0.15, 0.2) is 12.4 Å². The second kappa shape index (κ2) is 5.96. The molecule has 1 aliphatic heterocycles. The molecule has 8 heteroatoms. The number of aromatic amines is 1. The highest BCUT2D eigenvalue weighted by atomic mass is 32.2. The first-order valence-corrected chi connectivity index (χ1v) is 8.87. The Hall–Kier alpha value is -1.02. The summed E-state index contributed by atoms with van der Waals surface area (Å²) in [5.74, 6) is 0.796. The van der Waals surface area contributed by atoms with Gasteiger partial charge in [0, 0.05) is 30.6 Å². The lowest BCUT2D eigenvalue weighted by molar-refractivity contribution is -0.127. The molecule has 1 N–H and O–H groups in total. The van der Waals surface area contributed by atoms with Crippen LogP contribution >= 0.6 is 11.8 Å². The number of thioether (sulfide) groups is 1. The van der Waals surface area contributed by atoms with E-state index >= 15 is 0 Å². The van der Waals surface area contributed by atoms with Crippen LogP contribution in [-0.2, 0) is 21.2 Å². The Kier molecular flexibility index (Phi) is 4.51. The summed E-state index contributed by atoms with van der Waals surface area (Å²) in [6.45, 7) is 0.513. The van der Waals surface area contributed by atoms with Gasteiger partial charge in [-0.3, -0.25) is 9.89 Å². The fourth-order valence-electron chi connectivity index (χ4n) is 1.92. The van der Waals surface area contributed by atoms with Gasteiger partial charge in [-0.1, -0.05) is 0 Å². The monoisotopic (exact) mass is 303 g/mol. The molecule has 106 valence electrons. The molecule has 6 nitrogen and oxygen atoms in total. The Balaban J connectivity index is 1.75. The fourth-order valence-corrected chi connectivity index (χ4v) is 5.50. The van der Waals surface area contributed by atoms with Crippen molar-refractivity contribution in [3.63, 3.8) is 0 Å². The number of carbonyl (C=O) groups excluding carboxylic acids is 1. The minimum absolute atomic E-state index is 0.00972. The Bertz CT molecular complexity index is 527. The van der Waals surface area contributed by atoms with Crippen LogP contribution in [0, 0.1) is 0 Å². The first-order valence-electron chi connectivity index (χ1n) is 6.00. The maximum atomic E-state index is 11.9. The van der Waals surface area contributed by atoms with Gasteiger partial charge >= 0.3 is 0 Å². The first kappa shape index (κ1) is 14.4. The summed E-state index contributed by atoms with van der Waals surface area (Å²) in [6.07, 6.45) is 4.09. The molecule has 0 aromatic carbocycles. The van der Waals surface area contributed by atoms with E-state index in [2.05, 4.69) is 10.2 Å². The van der Waals surface area contributed by atoms with Gasteiger partial charge in [-0.15, -0.1) is 11.8 Å². The first-order chi connectivity index (χ1) is 8.96. The molecule has 2 rings (SSSR count). The smallest absolute Gasteiger partial charge is 0.232 e. The Morgan fingerprint density at radius 2 is 2.42 bits per heavy atom. The van der Waals surface area contributed by atoms with Gasteiger partial charge in [0.25, 0.3) is 0 Å². The number of hydrogen-bond acceptors (Lipinski definition) is 5. The zero-order chi connectivity index (χ0) is 13.9. The number of amides is 1. The zero-order valence-electron chi connectivity index (χ0n) is 10.7. The summed E-state index contributed by atoms with van der Waals surface area (Å²) < 4.78 is 22.6. The van der Waals surface area contributed by atoms with Gasteiger partial charge in [-0.05, 0) is 6.42 Å². The fraction of sp³-hybridized carbons (Fsp3) is 0.636. The minimum atomic E-state index is -2.86. The topological polar surface area (TPSA) is 83.1 Å². The third-order valence-electron chi connectivity index (χ3n) is 3.03. The molecule has 0 spiro atoms. The number of rotatable bonds is 5. The van der Waals surface area contributed by atoms with Crippen LogP contribution in [0.4, 0.5) is 0 Å². The van der Waals surface area contributed by atoms with Crippen molar-refractivity contribution in [2.75, 3.05) is 24.3 Å². The molecule has 0 bridgehead atoms. The Morgan fingerprint density at radius 1 is 1.63 bits per heavy atom.